The number of Topliss-reactive ketones (excluding diaryl/α,β-unsaturated/α-hetero) is 2. The van der Waals surface area contributed by atoms with Gasteiger partial charge in [-0.1, -0.05) is 51.0 Å². The Balaban J connectivity index is 1.80. The van der Waals surface area contributed by atoms with Crippen molar-refractivity contribution in [3.05, 3.63) is 46.3 Å². The van der Waals surface area contributed by atoms with Crippen molar-refractivity contribution < 1.29 is 56.8 Å². The van der Waals surface area contributed by atoms with Crippen LogP contribution in [0.15, 0.2) is 35.4 Å². The molecule has 0 saturated carbocycles. The smallest absolute Gasteiger partial charge is 0.410 e. The van der Waals surface area contributed by atoms with Crippen LogP contribution >= 0.6 is 0 Å². The number of hydrogen-bond donors (Lipinski definition) is 1. The lowest BCUT2D eigenvalue weighted by molar-refractivity contribution is -0.289. The number of carbonyl (C=O) groups excluding carboxylic acids is 5. The number of esters is 2. The standard InChI is InChI=1S/C41H60FN5O11/c1-11-29-41(8)32(47(38(52)58-41)20-16-15-19-45-46-43)25(4)30(48)23(2)22-39(6,53-10)34(26(5)33(49)40(7,42)37(51)55-29)57-36-31(28(44-9)21-24(3)54-36)56-35(50)27-17-13-12-14-18-27/h12-14,17-18,23-26,28-29,31-32,34,36,44H,11,15-16,19-22H2,1-10H3/t23-,24-,25+,26+,28+,29-,31-,32-,34-,36+,39+,40+,41-/m1/s1. The molecule has 4 rings (SSSR count). The number of nitrogens with zero attached hydrogens (tertiary/aromatic N) is 4. The fourth-order valence-corrected chi connectivity index (χ4v) is 8.91. The Bertz CT molecular complexity index is 1690. The number of alkyl halides is 1. The zero-order valence-electron chi connectivity index (χ0n) is 35.3. The second-order valence-corrected chi connectivity index (χ2v) is 16.4. The first kappa shape index (κ1) is 46.5. The molecule has 0 spiro atoms. The van der Waals surface area contributed by atoms with Gasteiger partial charge < -0.3 is 38.6 Å². The van der Waals surface area contributed by atoms with Crippen molar-refractivity contribution in [3.8, 4) is 0 Å². The van der Waals surface area contributed by atoms with Gasteiger partial charge in [0.05, 0.1) is 35.5 Å². The van der Waals surface area contributed by atoms with E-state index in [1.54, 1.807) is 72.0 Å². The summed E-state index contributed by atoms with van der Waals surface area (Å²) in [6.45, 7) is 12.5. The van der Waals surface area contributed by atoms with Crippen LogP contribution < -0.4 is 5.32 Å². The van der Waals surface area contributed by atoms with E-state index in [-0.39, 0.29) is 37.3 Å². The van der Waals surface area contributed by atoms with Crippen LogP contribution in [0.2, 0.25) is 0 Å². The molecule has 1 N–H and O–H groups in total. The summed E-state index contributed by atoms with van der Waals surface area (Å²) in [7, 11) is 3.07. The van der Waals surface area contributed by atoms with Crippen LogP contribution in [0, 0.1) is 17.8 Å². The number of cyclic esters (lactones) is 1. The van der Waals surface area contributed by atoms with Gasteiger partial charge in [0.15, 0.2) is 23.8 Å². The van der Waals surface area contributed by atoms with E-state index >= 15 is 4.39 Å². The minimum absolute atomic E-state index is 0.0490. The van der Waals surface area contributed by atoms with Crippen LogP contribution in [0.1, 0.15) is 97.9 Å². The third-order valence-corrected chi connectivity index (χ3v) is 12.1. The van der Waals surface area contributed by atoms with Crippen LogP contribution in [-0.2, 0) is 42.8 Å². The van der Waals surface area contributed by atoms with Crippen molar-refractivity contribution in [2.24, 2.45) is 22.9 Å². The van der Waals surface area contributed by atoms with Gasteiger partial charge in [0.25, 0.3) is 5.67 Å². The van der Waals surface area contributed by atoms with Gasteiger partial charge in [-0.05, 0) is 84.5 Å². The average Bonchev–Trinajstić information content (AvgIpc) is 3.46. The third-order valence-electron chi connectivity index (χ3n) is 12.1. The summed E-state index contributed by atoms with van der Waals surface area (Å²) in [5.74, 6) is -6.76. The lowest BCUT2D eigenvalue weighted by atomic mass is 9.73. The number of ketones is 2. The highest BCUT2D eigenvalue weighted by Crippen LogP contribution is 2.44. The van der Waals surface area contributed by atoms with E-state index in [2.05, 4.69) is 15.3 Å². The third kappa shape index (κ3) is 9.65. The number of amides is 1. The first-order chi connectivity index (χ1) is 27.3. The number of nitrogens with one attached hydrogen (secondary N) is 1. The van der Waals surface area contributed by atoms with E-state index in [4.69, 9.17) is 34.0 Å². The molecule has 0 aliphatic carbocycles. The number of unbranched alkanes of at least 4 members (excludes halogenated alkanes) is 1. The summed E-state index contributed by atoms with van der Waals surface area (Å²) in [6.07, 6.45) is -4.94. The zero-order valence-corrected chi connectivity index (χ0v) is 35.3. The molecule has 1 amide bonds. The number of rotatable bonds is 12. The highest BCUT2D eigenvalue weighted by atomic mass is 19.1. The Morgan fingerprint density at radius 3 is 2.34 bits per heavy atom. The molecule has 0 bridgehead atoms. The topological polar surface area (TPSA) is 205 Å². The van der Waals surface area contributed by atoms with E-state index in [0.717, 1.165) is 6.92 Å². The Hall–Kier alpha value is -4.15. The number of likely N-dealkylation sites (N-methyl/N-ethyl adjacent to an activating group) is 1. The van der Waals surface area contributed by atoms with Gasteiger partial charge >= 0.3 is 18.0 Å². The van der Waals surface area contributed by atoms with Crippen LogP contribution in [0.25, 0.3) is 10.4 Å². The number of ether oxygens (including phenoxy) is 6. The highest BCUT2D eigenvalue weighted by molar-refractivity contribution is 6.08. The van der Waals surface area contributed by atoms with Crippen LogP contribution in [0.3, 0.4) is 0 Å². The van der Waals surface area contributed by atoms with Gasteiger partial charge in [0.2, 0.25) is 0 Å². The van der Waals surface area contributed by atoms with Crippen molar-refractivity contribution in [1.29, 1.82) is 0 Å². The van der Waals surface area contributed by atoms with Gasteiger partial charge in [-0.2, -0.15) is 0 Å². The summed E-state index contributed by atoms with van der Waals surface area (Å²) < 4.78 is 53.8. The predicted molar refractivity (Wildman–Crippen MR) is 208 cm³/mol. The lowest BCUT2D eigenvalue weighted by Gasteiger charge is -2.47. The molecule has 16 nitrogen and oxygen atoms in total. The van der Waals surface area contributed by atoms with Gasteiger partial charge in [0, 0.05) is 42.9 Å². The Kier molecular flexibility index (Phi) is 15.5. The predicted octanol–water partition coefficient (Wildman–Crippen LogP) is 5.90. The SMILES string of the molecule is CC[C@H]1OC(=O)[C@@](C)(F)C(=O)[C@H](C)[C@@H](O[C@@H]2O[C@H](C)C[C@H](NC)[C@H]2OC(=O)c2ccccc2)[C@@](C)(OC)C[C@@H](C)C(=O)[C@H](C)[C@H]2N(CCCCN=[N+]=[N-])C(=O)O[C@]12C. The fourth-order valence-electron chi connectivity index (χ4n) is 8.91. The van der Waals surface area contributed by atoms with Crippen molar-refractivity contribution in [2.75, 3.05) is 27.2 Å². The van der Waals surface area contributed by atoms with Crippen LogP contribution in [0.4, 0.5) is 9.18 Å². The largest absolute Gasteiger partial charge is 0.455 e. The molecule has 322 valence electrons. The molecule has 0 radical (unpaired) electrons. The monoisotopic (exact) mass is 817 g/mol. The molecule has 3 aliphatic rings. The summed E-state index contributed by atoms with van der Waals surface area (Å²) in [5, 5.41) is 6.72. The molecule has 1 aromatic carbocycles. The lowest BCUT2D eigenvalue weighted by Crippen LogP contribution is -2.62. The fraction of sp³-hybridized carbons (Fsp3) is 0.732. The Labute approximate surface area is 339 Å². The number of halogens is 1. The van der Waals surface area contributed by atoms with Crippen molar-refractivity contribution in [3.63, 3.8) is 0 Å². The molecule has 3 aliphatic heterocycles. The highest BCUT2D eigenvalue weighted by Gasteiger charge is 2.61. The molecule has 3 saturated heterocycles. The zero-order chi connectivity index (χ0) is 43.2. The number of benzene rings is 1. The summed E-state index contributed by atoms with van der Waals surface area (Å²) in [4.78, 5) is 74.1. The quantitative estimate of drug-likeness (QED) is 0.0499. The van der Waals surface area contributed by atoms with Crippen LogP contribution in [-0.4, -0.2) is 121 Å². The van der Waals surface area contributed by atoms with E-state index < -0.39 is 101 Å². The van der Waals surface area contributed by atoms with Gasteiger partial charge in [-0.3, -0.25) is 9.59 Å². The summed E-state index contributed by atoms with van der Waals surface area (Å²) in [5.41, 5.74) is 2.60. The maximum absolute atomic E-state index is 17.0. The number of fused-ring (bicyclic) bond motifs is 1. The Morgan fingerprint density at radius 1 is 1.07 bits per heavy atom. The van der Waals surface area contributed by atoms with E-state index in [1.165, 1.54) is 18.9 Å². The molecule has 0 unspecified atom stereocenters. The minimum Gasteiger partial charge on any atom is -0.455 e. The van der Waals surface area contributed by atoms with Gasteiger partial charge in [-0.25, -0.2) is 18.8 Å². The molecule has 3 heterocycles. The second-order valence-electron chi connectivity index (χ2n) is 16.4. The maximum atomic E-state index is 17.0. The molecule has 17 heteroatoms. The first-order valence-corrected chi connectivity index (χ1v) is 20.1. The van der Waals surface area contributed by atoms with E-state index in [0.29, 0.717) is 19.3 Å². The van der Waals surface area contributed by atoms with Crippen molar-refractivity contribution in [1.82, 2.24) is 10.2 Å². The molecule has 58 heavy (non-hydrogen) atoms. The van der Waals surface area contributed by atoms with E-state index in [1.807, 2.05) is 6.92 Å². The molecule has 1 aromatic rings. The average molecular weight is 818 g/mol. The molecular formula is C41H60FN5O11. The number of hydrogen-bond acceptors (Lipinski definition) is 13. The number of azide groups is 1. The van der Waals surface area contributed by atoms with Crippen molar-refractivity contribution >= 4 is 29.6 Å². The number of methoxy groups -OCH3 is 1. The summed E-state index contributed by atoms with van der Waals surface area (Å²) >= 11 is 0. The van der Waals surface area contributed by atoms with Gasteiger partial charge in [-0.15, -0.1) is 0 Å². The van der Waals surface area contributed by atoms with Gasteiger partial charge in [0.1, 0.15) is 11.9 Å². The second kappa shape index (κ2) is 19.3. The number of carbonyl (C=O) groups is 5. The van der Waals surface area contributed by atoms with E-state index in [9.17, 15) is 24.0 Å². The molecule has 0 aromatic heterocycles. The summed E-state index contributed by atoms with van der Waals surface area (Å²) in [6, 6.07) is 6.90. The van der Waals surface area contributed by atoms with Crippen LogP contribution in [0.5, 0.6) is 0 Å². The van der Waals surface area contributed by atoms with Crippen molar-refractivity contribution in [2.45, 2.75) is 147 Å². The normalized spacial score (nSPS) is 37.5. The maximum Gasteiger partial charge on any atom is 0.410 e. The molecular weight excluding hydrogens is 757 g/mol. The first-order valence-electron chi connectivity index (χ1n) is 20.1. The minimum atomic E-state index is -3.23. The Morgan fingerprint density at radius 2 is 1.74 bits per heavy atom. The molecule has 13 atom stereocenters. The molecule has 3 fully saturated rings.